The standard InChI is InChI=1S/C11H12/c1-2-9-7-8-10-5-3-4-6-11(9)10/h2-6,9H,1,7-8H2/t9-/m0/s1. The Morgan fingerprint density at radius 1 is 1.36 bits per heavy atom. The molecule has 0 heteroatoms. The zero-order chi connectivity index (χ0) is 7.68. The molecule has 0 fully saturated rings. The maximum absolute atomic E-state index is 3.84. The molecule has 0 N–H and O–H groups in total. The van der Waals surface area contributed by atoms with Crippen LogP contribution in [0.15, 0.2) is 36.9 Å². The molecule has 2 rings (SSSR count). The smallest absolute Gasteiger partial charge is 0.00211 e. The van der Waals surface area contributed by atoms with Crippen LogP contribution in [0, 0.1) is 0 Å². The molecule has 0 aliphatic heterocycles. The van der Waals surface area contributed by atoms with E-state index < -0.39 is 0 Å². The van der Waals surface area contributed by atoms with Crippen molar-refractivity contribution in [2.24, 2.45) is 0 Å². The quantitative estimate of drug-likeness (QED) is 0.532. The van der Waals surface area contributed by atoms with E-state index in [1.54, 1.807) is 0 Å². The molecule has 0 nitrogen and oxygen atoms in total. The van der Waals surface area contributed by atoms with Gasteiger partial charge in [-0.1, -0.05) is 30.3 Å². The fourth-order valence-electron chi connectivity index (χ4n) is 1.83. The minimum Gasteiger partial charge on any atom is -0.102 e. The summed E-state index contributed by atoms with van der Waals surface area (Å²) in [5, 5.41) is 0. The van der Waals surface area contributed by atoms with Crippen molar-refractivity contribution in [2.75, 3.05) is 0 Å². The molecule has 1 aliphatic carbocycles. The van der Waals surface area contributed by atoms with E-state index in [0.717, 1.165) is 0 Å². The summed E-state index contributed by atoms with van der Waals surface area (Å²) in [6.07, 6.45) is 4.54. The summed E-state index contributed by atoms with van der Waals surface area (Å²) >= 11 is 0. The average Bonchev–Trinajstić information content (AvgIpc) is 2.47. The molecule has 0 saturated carbocycles. The van der Waals surface area contributed by atoms with E-state index in [0.29, 0.717) is 5.92 Å². The predicted molar refractivity (Wildman–Crippen MR) is 47.7 cm³/mol. The summed E-state index contributed by atoms with van der Waals surface area (Å²) in [6.45, 7) is 3.84. The van der Waals surface area contributed by atoms with Gasteiger partial charge in [0.2, 0.25) is 0 Å². The molecule has 1 aromatic carbocycles. The molecular weight excluding hydrogens is 132 g/mol. The third kappa shape index (κ3) is 0.988. The second kappa shape index (κ2) is 2.54. The average molecular weight is 144 g/mol. The SMILES string of the molecule is C=C[C@H]1CCc2ccccc21. The highest BCUT2D eigenvalue weighted by atomic mass is 14.2. The first-order valence-electron chi connectivity index (χ1n) is 4.12. The van der Waals surface area contributed by atoms with Crippen LogP contribution in [-0.4, -0.2) is 0 Å². The van der Waals surface area contributed by atoms with Crippen LogP contribution in [0.4, 0.5) is 0 Å². The summed E-state index contributed by atoms with van der Waals surface area (Å²) in [5.41, 5.74) is 3.00. The van der Waals surface area contributed by atoms with E-state index in [1.807, 2.05) is 0 Å². The van der Waals surface area contributed by atoms with Gasteiger partial charge in [0.1, 0.15) is 0 Å². The first-order chi connectivity index (χ1) is 5.42. The normalized spacial score (nSPS) is 21.3. The number of rotatable bonds is 1. The number of benzene rings is 1. The zero-order valence-corrected chi connectivity index (χ0v) is 6.59. The van der Waals surface area contributed by atoms with Gasteiger partial charge in [0.05, 0.1) is 0 Å². The highest BCUT2D eigenvalue weighted by molar-refractivity contribution is 5.36. The van der Waals surface area contributed by atoms with E-state index in [1.165, 1.54) is 24.0 Å². The minimum atomic E-state index is 0.617. The lowest BCUT2D eigenvalue weighted by atomic mass is 10.0. The third-order valence-electron chi connectivity index (χ3n) is 2.46. The predicted octanol–water partition coefficient (Wildman–Crippen LogP) is 2.90. The molecule has 11 heavy (non-hydrogen) atoms. The molecule has 1 atom stereocenters. The van der Waals surface area contributed by atoms with Gasteiger partial charge in [-0.2, -0.15) is 0 Å². The van der Waals surface area contributed by atoms with Crippen LogP contribution in [-0.2, 0) is 6.42 Å². The summed E-state index contributed by atoms with van der Waals surface area (Å²) in [5.74, 6) is 0.617. The Hall–Kier alpha value is -1.04. The van der Waals surface area contributed by atoms with Crippen LogP contribution >= 0.6 is 0 Å². The molecule has 1 aliphatic rings. The number of aryl methyl sites for hydroxylation is 1. The minimum absolute atomic E-state index is 0.617. The van der Waals surface area contributed by atoms with E-state index in [4.69, 9.17) is 0 Å². The number of hydrogen-bond acceptors (Lipinski definition) is 0. The van der Waals surface area contributed by atoms with Crippen molar-refractivity contribution in [3.63, 3.8) is 0 Å². The van der Waals surface area contributed by atoms with Crippen LogP contribution < -0.4 is 0 Å². The number of allylic oxidation sites excluding steroid dienone is 1. The fourth-order valence-corrected chi connectivity index (χ4v) is 1.83. The lowest BCUT2D eigenvalue weighted by Crippen LogP contribution is -1.85. The highest BCUT2D eigenvalue weighted by Gasteiger charge is 2.17. The van der Waals surface area contributed by atoms with Crippen LogP contribution in [0.25, 0.3) is 0 Å². The summed E-state index contributed by atoms with van der Waals surface area (Å²) in [6, 6.07) is 8.67. The molecule has 1 aromatic rings. The summed E-state index contributed by atoms with van der Waals surface area (Å²) in [4.78, 5) is 0. The second-order valence-corrected chi connectivity index (χ2v) is 3.08. The monoisotopic (exact) mass is 144 g/mol. The Bertz CT molecular complexity index is 273. The zero-order valence-electron chi connectivity index (χ0n) is 6.59. The van der Waals surface area contributed by atoms with Gasteiger partial charge in [-0.3, -0.25) is 0 Å². The highest BCUT2D eigenvalue weighted by Crippen LogP contribution is 2.32. The van der Waals surface area contributed by atoms with Crippen molar-refractivity contribution in [3.05, 3.63) is 48.0 Å². The van der Waals surface area contributed by atoms with Crippen molar-refractivity contribution >= 4 is 0 Å². The summed E-state index contributed by atoms with van der Waals surface area (Å²) < 4.78 is 0. The Balaban J connectivity index is 2.46. The van der Waals surface area contributed by atoms with Gasteiger partial charge in [0, 0.05) is 5.92 Å². The third-order valence-corrected chi connectivity index (χ3v) is 2.46. The maximum Gasteiger partial charge on any atom is 0.00211 e. The van der Waals surface area contributed by atoms with Crippen molar-refractivity contribution in [2.45, 2.75) is 18.8 Å². The largest absolute Gasteiger partial charge is 0.102 e. The van der Waals surface area contributed by atoms with Crippen LogP contribution in [0.5, 0.6) is 0 Å². The van der Waals surface area contributed by atoms with Gasteiger partial charge >= 0.3 is 0 Å². The molecule has 0 heterocycles. The Morgan fingerprint density at radius 2 is 2.18 bits per heavy atom. The molecule has 0 bridgehead atoms. The van der Waals surface area contributed by atoms with E-state index in [2.05, 4.69) is 36.9 Å². The van der Waals surface area contributed by atoms with Crippen molar-refractivity contribution in [1.82, 2.24) is 0 Å². The lowest BCUT2D eigenvalue weighted by Gasteiger charge is -2.03. The lowest BCUT2D eigenvalue weighted by molar-refractivity contribution is 0.816. The molecule has 56 valence electrons. The maximum atomic E-state index is 3.84. The molecule has 0 aromatic heterocycles. The van der Waals surface area contributed by atoms with E-state index in [-0.39, 0.29) is 0 Å². The second-order valence-electron chi connectivity index (χ2n) is 3.08. The molecule has 0 amide bonds. The first-order valence-corrected chi connectivity index (χ1v) is 4.12. The molecule has 0 radical (unpaired) electrons. The Labute approximate surface area is 67.6 Å². The van der Waals surface area contributed by atoms with Crippen molar-refractivity contribution in [1.29, 1.82) is 0 Å². The number of hydrogen-bond donors (Lipinski definition) is 0. The molecular formula is C11H12. The Kier molecular flexibility index (Phi) is 1.54. The van der Waals surface area contributed by atoms with Crippen LogP contribution in [0.2, 0.25) is 0 Å². The Morgan fingerprint density at radius 3 is 3.00 bits per heavy atom. The van der Waals surface area contributed by atoms with E-state index >= 15 is 0 Å². The summed E-state index contributed by atoms with van der Waals surface area (Å²) in [7, 11) is 0. The van der Waals surface area contributed by atoms with Gasteiger partial charge < -0.3 is 0 Å². The van der Waals surface area contributed by atoms with Gasteiger partial charge in [-0.05, 0) is 24.0 Å². The fraction of sp³-hybridized carbons (Fsp3) is 0.273. The van der Waals surface area contributed by atoms with Crippen LogP contribution in [0.1, 0.15) is 23.5 Å². The van der Waals surface area contributed by atoms with Gasteiger partial charge in [-0.15, -0.1) is 6.58 Å². The molecule has 0 saturated heterocycles. The topological polar surface area (TPSA) is 0 Å². The van der Waals surface area contributed by atoms with E-state index in [9.17, 15) is 0 Å². The van der Waals surface area contributed by atoms with Crippen LogP contribution in [0.3, 0.4) is 0 Å². The molecule has 0 unspecified atom stereocenters. The molecule has 0 spiro atoms. The first kappa shape index (κ1) is 6.66. The van der Waals surface area contributed by atoms with Gasteiger partial charge in [0.25, 0.3) is 0 Å². The van der Waals surface area contributed by atoms with Gasteiger partial charge in [0.15, 0.2) is 0 Å². The van der Waals surface area contributed by atoms with Gasteiger partial charge in [-0.25, -0.2) is 0 Å². The number of fused-ring (bicyclic) bond motifs is 1. The van der Waals surface area contributed by atoms with Crippen molar-refractivity contribution in [3.8, 4) is 0 Å². The van der Waals surface area contributed by atoms with Crippen molar-refractivity contribution < 1.29 is 0 Å².